The summed E-state index contributed by atoms with van der Waals surface area (Å²) in [4.78, 5) is 15.7. The van der Waals surface area contributed by atoms with E-state index in [9.17, 15) is 4.79 Å². The number of nitrogens with one attached hydrogen (secondary N) is 2. The summed E-state index contributed by atoms with van der Waals surface area (Å²) in [6, 6.07) is 4.19. The molecule has 0 aromatic carbocycles. The molecule has 1 heterocycles. The van der Waals surface area contributed by atoms with E-state index in [4.69, 9.17) is 4.74 Å². The molecule has 0 aliphatic heterocycles. The van der Waals surface area contributed by atoms with Gasteiger partial charge in [0.05, 0.1) is 7.11 Å². The van der Waals surface area contributed by atoms with Crippen LogP contribution in [-0.2, 0) is 11.3 Å². The second kappa shape index (κ2) is 8.48. The van der Waals surface area contributed by atoms with Gasteiger partial charge in [0.15, 0.2) is 0 Å². The molecule has 0 radical (unpaired) electrons. The van der Waals surface area contributed by atoms with Crippen LogP contribution < -0.4 is 15.4 Å². The Bertz CT molecular complexity index is 394. The van der Waals surface area contributed by atoms with E-state index in [1.807, 2.05) is 12.1 Å². The van der Waals surface area contributed by atoms with E-state index in [0.29, 0.717) is 24.9 Å². The molecule has 1 rings (SSSR count). The zero-order chi connectivity index (χ0) is 14.1. The van der Waals surface area contributed by atoms with E-state index < -0.39 is 0 Å². The fourth-order valence-corrected chi connectivity index (χ4v) is 1.66. The van der Waals surface area contributed by atoms with Crippen LogP contribution in [0.2, 0.25) is 0 Å². The molecule has 0 aliphatic rings. The van der Waals surface area contributed by atoms with E-state index in [1.165, 1.54) is 0 Å². The lowest BCUT2D eigenvalue weighted by atomic mass is 10.2. The summed E-state index contributed by atoms with van der Waals surface area (Å²) in [5.74, 6) is 0.612. The highest BCUT2D eigenvalue weighted by Gasteiger charge is 2.05. The van der Waals surface area contributed by atoms with Crippen molar-refractivity contribution in [1.29, 1.82) is 0 Å². The first kappa shape index (κ1) is 15.4. The number of pyridine rings is 1. The first-order valence-corrected chi connectivity index (χ1v) is 6.61. The minimum atomic E-state index is 0.0523. The predicted octanol–water partition coefficient (Wildman–Crippen LogP) is 1.48. The van der Waals surface area contributed by atoms with Crippen molar-refractivity contribution in [1.82, 2.24) is 15.6 Å². The summed E-state index contributed by atoms with van der Waals surface area (Å²) in [5.41, 5.74) is 0.888. The molecule has 0 bridgehead atoms. The van der Waals surface area contributed by atoms with Crippen LogP contribution in [0.1, 0.15) is 32.3 Å². The van der Waals surface area contributed by atoms with Gasteiger partial charge in [-0.3, -0.25) is 4.79 Å². The van der Waals surface area contributed by atoms with Crippen LogP contribution in [0, 0.1) is 0 Å². The van der Waals surface area contributed by atoms with Crippen LogP contribution in [0.25, 0.3) is 0 Å². The average molecular weight is 265 g/mol. The zero-order valence-electron chi connectivity index (χ0n) is 11.9. The minimum absolute atomic E-state index is 0.0523. The molecule has 1 aromatic heterocycles. The summed E-state index contributed by atoms with van der Waals surface area (Å²) in [7, 11) is 1.57. The molecule has 2 N–H and O–H groups in total. The Hall–Kier alpha value is -1.62. The second-order valence-corrected chi connectivity index (χ2v) is 4.66. The molecule has 0 spiro atoms. The van der Waals surface area contributed by atoms with Gasteiger partial charge in [-0.15, -0.1) is 0 Å². The molecule has 19 heavy (non-hydrogen) atoms. The van der Waals surface area contributed by atoms with E-state index in [1.54, 1.807) is 13.3 Å². The lowest BCUT2D eigenvalue weighted by Gasteiger charge is -2.09. The van der Waals surface area contributed by atoms with Gasteiger partial charge in [-0.1, -0.05) is 19.9 Å². The van der Waals surface area contributed by atoms with Crippen molar-refractivity contribution < 1.29 is 9.53 Å². The fraction of sp³-hybridized carbons (Fsp3) is 0.571. The molecular formula is C14H23N3O2. The third-order valence-electron chi connectivity index (χ3n) is 2.65. The Labute approximate surface area is 114 Å². The van der Waals surface area contributed by atoms with Crippen LogP contribution >= 0.6 is 0 Å². The zero-order valence-corrected chi connectivity index (χ0v) is 11.9. The molecule has 0 fully saturated rings. The van der Waals surface area contributed by atoms with Gasteiger partial charge in [0, 0.05) is 30.8 Å². The molecule has 5 heteroatoms. The lowest BCUT2D eigenvalue weighted by molar-refractivity contribution is -0.121. The van der Waals surface area contributed by atoms with Crippen LogP contribution in [0.5, 0.6) is 5.88 Å². The number of hydrogen-bond acceptors (Lipinski definition) is 4. The Morgan fingerprint density at radius 3 is 2.95 bits per heavy atom. The number of nitrogens with zero attached hydrogens (tertiary/aromatic N) is 1. The molecule has 0 aliphatic carbocycles. The third kappa shape index (κ3) is 6.20. The standard InChI is InChI=1S/C14H23N3O2/c1-11(2)15-8-5-7-13(18)17-10-12-6-4-9-16-14(12)19-3/h4,6,9,11,15H,5,7-8,10H2,1-3H3,(H,17,18). The van der Waals surface area contributed by atoms with Crippen molar-refractivity contribution in [3.05, 3.63) is 23.9 Å². The van der Waals surface area contributed by atoms with Crippen LogP contribution in [0.4, 0.5) is 0 Å². The van der Waals surface area contributed by atoms with Crippen LogP contribution in [-0.4, -0.2) is 30.6 Å². The Balaban J connectivity index is 2.26. The van der Waals surface area contributed by atoms with Crippen molar-refractivity contribution in [2.75, 3.05) is 13.7 Å². The second-order valence-electron chi connectivity index (χ2n) is 4.66. The summed E-state index contributed by atoms with van der Waals surface area (Å²) in [6.07, 6.45) is 3.04. The van der Waals surface area contributed by atoms with Gasteiger partial charge in [0.2, 0.25) is 11.8 Å². The van der Waals surface area contributed by atoms with Gasteiger partial charge in [0.25, 0.3) is 0 Å². The fourth-order valence-electron chi connectivity index (χ4n) is 1.66. The number of amides is 1. The maximum Gasteiger partial charge on any atom is 0.220 e. The smallest absolute Gasteiger partial charge is 0.220 e. The molecule has 1 aromatic rings. The molecule has 0 saturated heterocycles. The Kier molecular flexibility index (Phi) is 6.89. The number of carbonyl (C=O) groups is 1. The highest BCUT2D eigenvalue weighted by atomic mass is 16.5. The quantitative estimate of drug-likeness (QED) is 0.699. The van der Waals surface area contributed by atoms with E-state index >= 15 is 0 Å². The van der Waals surface area contributed by atoms with Gasteiger partial charge in [-0.2, -0.15) is 0 Å². The van der Waals surface area contributed by atoms with Gasteiger partial charge in [-0.05, 0) is 19.0 Å². The van der Waals surface area contributed by atoms with Crippen LogP contribution in [0.15, 0.2) is 18.3 Å². The molecule has 0 unspecified atom stereocenters. The molecule has 0 saturated carbocycles. The van der Waals surface area contributed by atoms with Crippen molar-refractivity contribution in [3.8, 4) is 5.88 Å². The number of methoxy groups -OCH3 is 1. The topological polar surface area (TPSA) is 63.2 Å². The molecule has 5 nitrogen and oxygen atoms in total. The number of aromatic nitrogens is 1. The van der Waals surface area contributed by atoms with Crippen LogP contribution in [0.3, 0.4) is 0 Å². The molecule has 106 valence electrons. The van der Waals surface area contributed by atoms with Gasteiger partial charge < -0.3 is 15.4 Å². The molecule has 1 amide bonds. The highest BCUT2D eigenvalue weighted by molar-refractivity contribution is 5.75. The highest BCUT2D eigenvalue weighted by Crippen LogP contribution is 2.12. The summed E-state index contributed by atoms with van der Waals surface area (Å²) in [6.45, 7) is 5.50. The normalized spacial score (nSPS) is 10.5. The van der Waals surface area contributed by atoms with Crippen molar-refractivity contribution >= 4 is 5.91 Å². The average Bonchev–Trinajstić information content (AvgIpc) is 2.41. The Morgan fingerprint density at radius 2 is 2.26 bits per heavy atom. The first-order valence-electron chi connectivity index (χ1n) is 6.61. The summed E-state index contributed by atoms with van der Waals surface area (Å²) >= 11 is 0. The number of hydrogen-bond donors (Lipinski definition) is 2. The number of ether oxygens (including phenoxy) is 1. The largest absolute Gasteiger partial charge is 0.481 e. The van der Waals surface area contributed by atoms with Gasteiger partial charge in [0.1, 0.15) is 0 Å². The lowest BCUT2D eigenvalue weighted by Crippen LogP contribution is -2.27. The Morgan fingerprint density at radius 1 is 1.47 bits per heavy atom. The van der Waals surface area contributed by atoms with Gasteiger partial charge >= 0.3 is 0 Å². The number of carbonyl (C=O) groups excluding carboxylic acids is 1. The summed E-state index contributed by atoms with van der Waals surface area (Å²) in [5, 5.41) is 6.16. The van der Waals surface area contributed by atoms with Gasteiger partial charge in [-0.25, -0.2) is 4.98 Å². The van der Waals surface area contributed by atoms with Crippen molar-refractivity contribution in [2.45, 2.75) is 39.3 Å². The SMILES string of the molecule is COc1ncccc1CNC(=O)CCCNC(C)C. The molecule has 0 atom stereocenters. The van der Waals surface area contributed by atoms with Crippen molar-refractivity contribution in [2.24, 2.45) is 0 Å². The predicted molar refractivity (Wildman–Crippen MR) is 75.0 cm³/mol. The maximum atomic E-state index is 11.7. The minimum Gasteiger partial charge on any atom is -0.481 e. The molecular weight excluding hydrogens is 242 g/mol. The third-order valence-corrected chi connectivity index (χ3v) is 2.65. The van der Waals surface area contributed by atoms with E-state index in [-0.39, 0.29) is 5.91 Å². The number of rotatable bonds is 8. The van der Waals surface area contributed by atoms with E-state index in [0.717, 1.165) is 18.5 Å². The van der Waals surface area contributed by atoms with Crippen molar-refractivity contribution in [3.63, 3.8) is 0 Å². The monoisotopic (exact) mass is 265 g/mol. The maximum absolute atomic E-state index is 11.7. The first-order chi connectivity index (χ1) is 9.13. The summed E-state index contributed by atoms with van der Waals surface area (Å²) < 4.78 is 5.13. The van der Waals surface area contributed by atoms with E-state index in [2.05, 4.69) is 29.5 Å².